The van der Waals surface area contributed by atoms with Crippen LogP contribution in [-0.2, 0) is 11.2 Å². The van der Waals surface area contributed by atoms with Gasteiger partial charge in [-0.25, -0.2) is 4.79 Å². The summed E-state index contributed by atoms with van der Waals surface area (Å²) in [4.78, 5) is 15.9. The van der Waals surface area contributed by atoms with Crippen molar-refractivity contribution in [1.82, 2.24) is 25.1 Å². The number of aromatic nitrogens is 4. The van der Waals surface area contributed by atoms with Crippen molar-refractivity contribution < 1.29 is 9.53 Å². The van der Waals surface area contributed by atoms with E-state index in [-0.39, 0.29) is 12.1 Å². The number of tetrazole rings is 1. The van der Waals surface area contributed by atoms with Gasteiger partial charge >= 0.3 is 6.09 Å². The molecule has 7 heteroatoms. The highest BCUT2D eigenvalue weighted by Gasteiger charge is 2.31. The van der Waals surface area contributed by atoms with Crippen molar-refractivity contribution in [2.75, 3.05) is 6.54 Å². The molecular formula is C19H27N5O2. The lowest BCUT2D eigenvalue weighted by molar-refractivity contribution is 0.00974. The van der Waals surface area contributed by atoms with Gasteiger partial charge in [-0.2, -0.15) is 0 Å². The summed E-state index contributed by atoms with van der Waals surface area (Å²) in [5, 5.41) is 12.9. The Hall–Kier alpha value is -2.44. The van der Waals surface area contributed by atoms with Crippen LogP contribution in [0, 0.1) is 6.92 Å². The number of piperidine rings is 1. The van der Waals surface area contributed by atoms with Gasteiger partial charge in [-0.05, 0) is 69.9 Å². The number of hydrogen-bond acceptors (Lipinski definition) is 5. The highest BCUT2D eigenvalue weighted by atomic mass is 16.6. The summed E-state index contributed by atoms with van der Waals surface area (Å²) in [6, 6.07) is 8.01. The van der Waals surface area contributed by atoms with Gasteiger partial charge in [0.1, 0.15) is 5.60 Å². The second-order valence-corrected chi connectivity index (χ2v) is 7.86. The van der Waals surface area contributed by atoms with Gasteiger partial charge in [-0.15, -0.1) is 15.0 Å². The van der Waals surface area contributed by atoms with Crippen LogP contribution in [0.3, 0.4) is 0 Å². The fraction of sp³-hybridized carbons (Fsp3) is 0.579. The van der Waals surface area contributed by atoms with E-state index in [1.165, 1.54) is 0 Å². The Labute approximate surface area is 154 Å². The summed E-state index contributed by atoms with van der Waals surface area (Å²) in [6.45, 7) is 8.41. The number of aryl methyl sites for hydroxylation is 1. The average molecular weight is 357 g/mol. The molecule has 1 unspecified atom stereocenters. The molecule has 1 saturated heterocycles. The maximum atomic E-state index is 12.5. The SMILES string of the molecule is Cc1cccc(-n2nnc(CC3CCCCN3C(=O)OC(C)(C)C)n2)c1. The number of rotatable bonds is 3. The summed E-state index contributed by atoms with van der Waals surface area (Å²) in [5.41, 5.74) is 1.53. The number of benzene rings is 1. The van der Waals surface area contributed by atoms with Crippen LogP contribution >= 0.6 is 0 Å². The first kappa shape index (κ1) is 18.4. The van der Waals surface area contributed by atoms with Crippen molar-refractivity contribution in [3.8, 4) is 5.69 Å². The molecular weight excluding hydrogens is 330 g/mol. The van der Waals surface area contributed by atoms with Crippen molar-refractivity contribution in [2.24, 2.45) is 0 Å². The summed E-state index contributed by atoms with van der Waals surface area (Å²) < 4.78 is 5.56. The van der Waals surface area contributed by atoms with Gasteiger partial charge in [0.05, 0.1) is 5.69 Å². The predicted molar refractivity (Wildman–Crippen MR) is 98.2 cm³/mol. The van der Waals surface area contributed by atoms with E-state index in [4.69, 9.17) is 4.74 Å². The van der Waals surface area contributed by atoms with Crippen LogP contribution in [0.4, 0.5) is 4.79 Å². The number of amides is 1. The number of ether oxygens (including phenoxy) is 1. The molecule has 7 nitrogen and oxygen atoms in total. The van der Waals surface area contributed by atoms with Crippen LogP contribution in [0.15, 0.2) is 24.3 Å². The Kier molecular flexibility index (Phi) is 5.25. The van der Waals surface area contributed by atoms with Gasteiger partial charge in [-0.3, -0.25) is 0 Å². The van der Waals surface area contributed by atoms with E-state index in [0.717, 1.165) is 30.5 Å². The first-order chi connectivity index (χ1) is 12.3. The maximum Gasteiger partial charge on any atom is 0.410 e. The first-order valence-corrected chi connectivity index (χ1v) is 9.17. The minimum atomic E-state index is -0.494. The molecule has 0 radical (unpaired) electrons. The highest BCUT2D eigenvalue weighted by molar-refractivity contribution is 5.68. The zero-order valence-corrected chi connectivity index (χ0v) is 16.0. The van der Waals surface area contributed by atoms with Crippen LogP contribution in [0.25, 0.3) is 5.69 Å². The molecule has 140 valence electrons. The smallest absolute Gasteiger partial charge is 0.410 e. The lowest BCUT2D eigenvalue weighted by Gasteiger charge is -2.36. The zero-order chi connectivity index (χ0) is 18.7. The molecule has 1 aliphatic heterocycles. The third kappa shape index (κ3) is 4.59. The van der Waals surface area contributed by atoms with E-state index >= 15 is 0 Å². The number of nitrogens with zero attached hydrogens (tertiary/aromatic N) is 5. The first-order valence-electron chi connectivity index (χ1n) is 9.17. The summed E-state index contributed by atoms with van der Waals surface area (Å²) in [7, 11) is 0. The monoisotopic (exact) mass is 357 g/mol. The quantitative estimate of drug-likeness (QED) is 0.843. The molecule has 0 bridgehead atoms. The number of carbonyl (C=O) groups excluding carboxylic acids is 1. The number of hydrogen-bond donors (Lipinski definition) is 0. The molecule has 1 aliphatic rings. The molecule has 1 aromatic carbocycles. The van der Waals surface area contributed by atoms with Crippen LogP contribution in [0.2, 0.25) is 0 Å². The van der Waals surface area contributed by atoms with E-state index in [1.807, 2.05) is 56.9 Å². The Morgan fingerprint density at radius 1 is 1.31 bits per heavy atom. The largest absolute Gasteiger partial charge is 0.444 e. The van der Waals surface area contributed by atoms with Crippen LogP contribution in [-0.4, -0.2) is 49.4 Å². The minimum absolute atomic E-state index is 0.0498. The average Bonchev–Trinajstić information content (AvgIpc) is 3.02. The van der Waals surface area contributed by atoms with Crippen LogP contribution in [0.5, 0.6) is 0 Å². The van der Waals surface area contributed by atoms with Crippen molar-refractivity contribution in [3.05, 3.63) is 35.7 Å². The summed E-state index contributed by atoms with van der Waals surface area (Å²) >= 11 is 0. The van der Waals surface area contributed by atoms with E-state index in [0.29, 0.717) is 18.8 Å². The lowest BCUT2D eigenvalue weighted by Crippen LogP contribution is -2.47. The zero-order valence-electron chi connectivity index (χ0n) is 16.0. The van der Waals surface area contributed by atoms with Crippen molar-refractivity contribution in [2.45, 2.75) is 65.0 Å². The molecule has 0 spiro atoms. The molecule has 2 heterocycles. The molecule has 0 aliphatic carbocycles. The third-order valence-electron chi connectivity index (χ3n) is 4.36. The lowest BCUT2D eigenvalue weighted by atomic mass is 9.99. The van der Waals surface area contributed by atoms with Gasteiger partial charge in [-0.1, -0.05) is 12.1 Å². The van der Waals surface area contributed by atoms with Gasteiger partial charge < -0.3 is 9.64 Å². The Morgan fingerprint density at radius 2 is 2.12 bits per heavy atom. The Bertz CT molecular complexity index is 765. The van der Waals surface area contributed by atoms with Crippen molar-refractivity contribution >= 4 is 6.09 Å². The van der Waals surface area contributed by atoms with Gasteiger partial charge in [0.25, 0.3) is 0 Å². The van der Waals surface area contributed by atoms with E-state index in [1.54, 1.807) is 4.80 Å². The highest BCUT2D eigenvalue weighted by Crippen LogP contribution is 2.22. The molecule has 2 aromatic rings. The molecule has 1 atom stereocenters. The molecule has 1 aromatic heterocycles. The van der Waals surface area contributed by atoms with Gasteiger partial charge in [0.15, 0.2) is 5.82 Å². The minimum Gasteiger partial charge on any atom is -0.444 e. The topological polar surface area (TPSA) is 73.1 Å². The van der Waals surface area contributed by atoms with Crippen LogP contribution < -0.4 is 0 Å². The Morgan fingerprint density at radius 3 is 2.85 bits per heavy atom. The fourth-order valence-corrected chi connectivity index (χ4v) is 3.17. The second-order valence-electron chi connectivity index (χ2n) is 7.86. The molecule has 26 heavy (non-hydrogen) atoms. The van der Waals surface area contributed by atoms with Crippen molar-refractivity contribution in [1.29, 1.82) is 0 Å². The molecule has 0 saturated carbocycles. The standard InChI is InChI=1S/C19H27N5O2/c1-14-8-7-10-16(12-14)24-21-17(20-22-24)13-15-9-5-6-11-23(15)18(25)26-19(2,3)4/h7-8,10,12,15H,5-6,9,11,13H2,1-4H3. The van der Waals surface area contributed by atoms with Crippen LogP contribution in [0.1, 0.15) is 51.4 Å². The van der Waals surface area contributed by atoms with E-state index in [9.17, 15) is 4.79 Å². The fourth-order valence-electron chi connectivity index (χ4n) is 3.17. The maximum absolute atomic E-state index is 12.5. The number of carbonyl (C=O) groups is 1. The summed E-state index contributed by atoms with van der Waals surface area (Å²) in [6.07, 6.45) is 3.35. The molecule has 1 amide bonds. The predicted octanol–water partition coefficient (Wildman–Crippen LogP) is 3.30. The summed E-state index contributed by atoms with van der Waals surface area (Å²) in [5.74, 6) is 0.645. The van der Waals surface area contributed by atoms with Gasteiger partial charge in [0, 0.05) is 19.0 Å². The van der Waals surface area contributed by atoms with Crippen molar-refractivity contribution in [3.63, 3.8) is 0 Å². The second kappa shape index (κ2) is 7.43. The van der Waals surface area contributed by atoms with E-state index in [2.05, 4.69) is 15.4 Å². The normalized spacial score (nSPS) is 18.0. The molecule has 0 N–H and O–H groups in total. The Balaban J connectivity index is 1.71. The third-order valence-corrected chi connectivity index (χ3v) is 4.36. The molecule has 1 fully saturated rings. The van der Waals surface area contributed by atoms with Gasteiger partial charge in [0.2, 0.25) is 0 Å². The van der Waals surface area contributed by atoms with E-state index < -0.39 is 5.60 Å². The molecule has 3 rings (SSSR count). The number of likely N-dealkylation sites (tertiary alicyclic amines) is 1.